The average molecular weight is 216 g/mol. The van der Waals surface area contributed by atoms with Gasteiger partial charge in [-0.1, -0.05) is 6.07 Å². The van der Waals surface area contributed by atoms with Crippen molar-refractivity contribution in [1.29, 1.82) is 0 Å². The van der Waals surface area contributed by atoms with Gasteiger partial charge in [-0.3, -0.25) is 0 Å². The van der Waals surface area contributed by atoms with Gasteiger partial charge in [-0.2, -0.15) is 0 Å². The third kappa shape index (κ3) is 2.65. The lowest BCUT2D eigenvalue weighted by molar-refractivity contribution is 0.00112. The van der Waals surface area contributed by atoms with Crippen LogP contribution in [0.15, 0.2) is 18.2 Å². The van der Waals surface area contributed by atoms with E-state index in [1.165, 1.54) is 12.1 Å². The molecule has 0 aliphatic carbocycles. The van der Waals surface area contributed by atoms with Gasteiger partial charge in [-0.15, -0.1) is 0 Å². The normalized spacial score (nSPS) is 14.9. The molecule has 0 saturated heterocycles. The number of phenolic OH excluding ortho intramolecular Hbond substituents is 1. The first kappa shape index (κ1) is 11.9. The van der Waals surface area contributed by atoms with Crippen LogP contribution in [0, 0.1) is 5.82 Å². The molecule has 1 aromatic carbocycles. The number of hydrogen-bond acceptors (Lipinski definition) is 4. The lowest BCUT2D eigenvalue weighted by Crippen LogP contribution is -2.20. The van der Waals surface area contributed by atoms with Crippen LogP contribution in [0.1, 0.15) is 18.1 Å². The highest BCUT2D eigenvalue weighted by Gasteiger charge is 2.23. The van der Waals surface area contributed by atoms with Crippen LogP contribution >= 0.6 is 0 Å². The first-order valence-corrected chi connectivity index (χ1v) is 4.52. The molecule has 0 bridgehead atoms. The van der Waals surface area contributed by atoms with Crippen molar-refractivity contribution in [2.45, 2.75) is 18.6 Å². The number of hydrogen-bond donors (Lipinski definition) is 4. The van der Waals surface area contributed by atoms with E-state index in [9.17, 15) is 19.7 Å². The van der Waals surface area contributed by atoms with Crippen LogP contribution in [-0.2, 0) is 0 Å². The molecule has 0 spiro atoms. The minimum Gasteiger partial charge on any atom is -0.507 e. The molecule has 4 nitrogen and oxygen atoms in total. The Morgan fingerprint density at radius 1 is 1.27 bits per heavy atom. The van der Waals surface area contributed by atoms with Crippen molar-refractivity contribution in [1.82, 2.24) is 0 Å². The first-order chi connectivity index (χ1) is 7.07. The van der Waals surface area contributed by atoms with Crippen LogP contribution in [0.2, 0.25) is 0 Å². The van der Waals surface area contributed by atoms with E-state index in [2.05, 4.69) is 0 Å². The van der Waals surface area contributed by atoms with Gasteiger partial charge in [0.25, 0.3) is 0 Å². The summed E-state index contributed by atoms with van der Waals surface area (Å²) >= 11 is 0. The minimum atomic E-state index is -1.54. The van der Waals surface area contributed by atoms with Crippen molar-refractivity contribution in [2.75, 3.05) is 6.61 Å². The van der Waals surface area contributed by atoms with Crippen LogP contribution in [0.3, 0.4) is 0 Å². The van der Waals surface area contributed by atoms with E-state index in [4.69, 9.17) is 5.11 Å². The average Bonchev–Trinajstić information content (AvgIpc) is 2.17. The molecular weight excluding hydrogens is 203 g/mol. The molecule has 0 aliphatic rings. The van der Waals surface area contributed by atoms with Crippen LogP contribution in [-0.4, -0.2) is 33.1 Å². The third-order valence-corrected chi connectivity index (χ3v) is 2.11. The van der Waals surface area contributed by atoms with Gasteiger partial charge in [0.05, 0.1) is 11.7 Å². The predicted octanol–water partition coefficient (Wildman–Crippen LogP) is 0.308. The van der Waals surface area contributed by atoms with Gasteiger partial charge in [0.2, 0.25) is 0 Å². The van der Waals surface area contributed by atoms with E-state index in [0.717, 1.165) is 6.07 Å². The molecule has 2 unspecified atom stereocenters. The standard InChI is InChI=1S/C10H13FO4/c11-6-2-1-3-7(13)9(6)10(15)8(14)4-5-12/h1-3,8,10,12-15H,4-5H2. The largest absolute Gasteiger partial charge is 0.507 e. The Balaban J connectivity index is 2.94. The van der Waals surface area contributed by atoms with E-state index in [1.54, 1.807) is 0 Å². The second-order valence-electron chi connectivity index (χ2n) is 3.20. The van der Waals surface area contributed by atoms with E-state index < -0.39 is 23.8 Å². The van der Waals surface area contributed by atoms with Crippen molar-refractivity contribution in [3.05, 3.63) is 29.6 Å². The predicted molar refractivity (Wildman–Crippen MR) is 50.7 cm³/mol. The van der Waals surface area contributed by atoms with Gasteiger partial charge >= 0.3 is 0 Å². The highest BCUT2D eigenvalue weighted by molar-refractivity contribution is 5.35. The first-order valence-electron chi connectivity index (χ1n) is 4.52. The molecule has 0 heterocycles. The summed E-state index contributed by atoms with van der Waals surface area (Å²) in [5.41, 5.74) is -0.349. The second kappa shape index (κ2) is 5.06. The summed E-state index contributed by atoms with van der Waals surface area (Å²) in [6, 6.07) is 3.58. The van der Waals surface area contributed by atoms with E-state index >= 15 is 0 Å². The van der Waals surface area contributed by atoms with Crippen LogP contribution < -0.4 is 0 Å². The molecule has 15 heavy (non-hydrogen) atoms. The summed E-state index contributed by atoms with van der Waals surface area (Å²) in [7, 11) is 0. The van der Waals surface area contributed by atoms with Crippen LogP contribution in [0.5, 0.6) is 5.75 Å². The smallest absolute Gasteiger partial charge is 0.132 e. The van der Waals surface area contributed by atoms with E-state index in [-0.39, 0.29) is 18.6 Å². The Morgan fingerprint density at radius 3 is 2.47 bits per heavy atom. The topological polar surface area (TPSA) is 80.9 Å². The lowest BCUT2D eigenvalue weighted by Gasteiger charge is -2.18. The monoisotopic (exact) mass is 216 g/mol. The van der Waals surface area contributed by atoms with Crippen molar-refractivity contribution in [2.24, 2.45) is 0 Å². The number of aliphatic hydroxyl groups is 3. The summed E-state index contributed by atoms with van der Waals surface area (Å²) in [5.74, 6) is -1.21. The molecule has 0 amide bonds. The van der Waals surface area contributed by atoms with E-state index in [0.29, 0.717) is 0 Å². The van der Waals surface area contributed by atoms with Gasteiger partial charge in [0.15, 0.2) is 0 Å². The van der Waals surface area contributed by atoms with Crippen molar-refractivity contribution in [3.63, 3.8) is 0 Å². The van der Waals surface area contributed by atoms with Gasteiger partial charge < -0.3 is 20.4 Å². The van der Waals surface area contributed by atoms with Gasteiger partial charge in [0.1, 0.15) is 17.7 Å². The molecule has 0 radical (unpaired) electrons. The maximum atomic E-state index is 13.2. The Bertz CT molecular complexity index is 309. The van der Waals surface area contributed by atoms with Crippen LogP contribution in [0.4, 0.5) is 4.39 Å². The fourth-order valence-electron chi connectivity index (χ4n) is 1.30. The summed E-state index contributed by atoms with van der Waals surface area (Å²) < 4.78 is 13.2. The minimum absolute atomic E-state index is 0.0884. The number of rotatable bonds is 4. The molecule has 1 rings (SSSR count). The second-order valence-corrected chi connectivity index (χ2v) is 3.20. The Hall–Kier alpha value is -1.17. The van der Waals surface area contributed by atoms with Gasteiger partial charge in [-0.05, 0) is 18.6 Å². The number of benzene rings is 1. The Labute approximate surface area is 86.2 Å². The summed E-state index contributed by atoms with van der Waals surface area (Å²) in [6.45, 7) is -0.326. The maximum absolute atomic E-state index is 13.2. The molecular formula is C10H13FO4. The zero-order valence-corrected chi connectivity index (χ0v) is 7.97. The number of phenols is 1. The quantitative estimate of drug-likeness (QED) is 0.584. The van der Waals surface area contributed by atoms with Crippen molar-refractivity contribution in [3.8, 4) is 5.75 Å². The Morgan fingerprint density at radius 2 is 1.93 bits per heavy atom. The molecule has 4 N–H and O–H groups in total. The molecule has 5 heteroatoms. The number of aromatic hydroxyl groups is 1. The van der Waals surface area contributed by atoms with E-state index in [1.807, 2.05) is 0 Å². The lowest BCUT2D eigenvalue weighted by atomic mass is 10.0. The fourth-order valence-corrected chi connectivity index (χ4v) is 1.30. The summed E-state index contributed by atoms with van der Waals surface area (Å²) in [6.07, 6.45) is -2.94. The fraction of sp³-hybridized carbons (Fsp3) is 0.400. The molecule has 1 aromatic rings. The van der Waals surface area contributed by atoms with Crippen LogP contribution in [0.25, 0.3) is 0 Å². The zero-order valence-electron chi connectivity index (χ0n) is 7.97. The summed E-state index contributed by atoms with van der Waals surface area (Å²) in [4.78, 5) is 0. The SMILES string of the molecule is OCCC(O)C(O)c1c(O)cccc1F. The molecule has 0 aromatic heterocycles. The molecule has 0 fully saturated rings. The third-order valence-electron chi connectivity index (χ3n) is 2.11. The molecule has 0 saturated carbocycles. The molecule has 2 atom stereocenters. The Kier molecular flexibility index (Phi) is 4.02. The van der Waals surface area contributed by atoms with Crippen molar-refractivity contribution < 1.29 is 24.8 Å². The molecule has 84 valence electrons. The van der Waals surface area contributed by atoms with Gasteiger partial charge in [0, 0.05) is 6.61 Å². The highest BCUT2D eigenvalue weighted by atomic mass is 19.1. The summed E-state index contributed by atoms with van der Waals surface area (Å²) in [5, 5.41) is 36.7. The highest BCUT2D eigenvalue weighted by Crippen LogP contribution is 2.29. The number of aliphatic hydroxyl groups excluding tert-OH is 3. The zero-order chi connectivity index (χ0) is 11.4. The van der Waals surface area contributed by atoms with Gasteiger partial charge in [-0.25, -0.2) is 4.39 Å². The maximum Gasteiger partial charge on any atom is 0.132 e. The molecule has 0 aliphatic heterocycles. The number of halogens is 1. The van der Waals surface area contributed by atoms with Crippen molar-refractivity contribution >= 4 is 0 Å².